The fourth-order valence-electron chi connectivity index (χ4n) is 1.96. The Bertz CT molecular complexity index is 678. The van der Waals surface area contributed by atoms with E-state index in [9.17, 15) is 8.42 Å². The molecule has 0 radical (unpaired) electrons. The summed E-state index contributed by atoms with van der Waals surface area (Å²) in [5, 5.41) is 9.15. The van der Waals surface area contributed by atoms with E-state index >= 15 is 0 Å². The van der Waals surface area contributed by atoms with E-state index in [0.29, 0.717) is 16.9 Å². The highest BCUT2D eigenvalue weighted by Crippen LogP contribution is 2.25. The average Bonchev–Trinajstić information content (AvgIpc) is 2.47. The number of methoxy groups -OCH3 is 1. The van der Waals surface area contributed by atoms with E-state index < -0.39 is 9.84 Å². The topological polar surface area (TPSA) is 63.6 Å². The van der Waals surface area contributed by atoms with Gasteiger partial charge in [-0.1, -0.05) is 24.3 Å². The quantitative estimate of drug-likeness (QED) is 0.917. The molecule has 0 aliphatic rings. The molecule has 20 heavy (non-hydrogen) atoms. The summed E-state index contributed by atoms with van der Waals surface area (Å²) in [4.78, 5) is 0.274. The van der Waals surface area contributed by atoms with Gasteiger partial charge in [0.15, 0.2) is 9.84 Å². The van der Waals surface area contributed by atoms with Gasteiger partial charge in [0.1, 0.15) is 5.75 Å². The predicted molar refractivity (Wildman–Crippen MR) is 76.2 cm³/mol. The van der Waals surface area contributed by atoms with Gasteiger partial charge in [-0.3, -0.25) is 0 Å². The minimum Gasteiger partial charge on any atom is -0.496 e. The summed E-state index contributed by atoms with van der Waals surface area (Å²) in [7, 11) is -1.94. The third-order valence-corrected chi connectivity index (χ3v) is 4.66. The summed E-state index contributed by atoms with van der Waals surface area (Å²) in [6, 6.07) is 13.3. The maximum atomic E-state index is 12.4. The van der Waals surface area contributed by atoms with Crippen LogP contribution in [0.15, 0.2) is 53.4 Å². The molecule has 0 bridgehead atoms. The van der Waals surface area contributed by atoms with Gasteiger partial charge in [0, 0.05) is 5.56 Å². The number of aliphatic hydroxyl groups excluding tert-OH is 1. The molecule has 4 nitrogen and oxygen atoms in total. The summed E-state index contributed by atoms with van der Waals surface area (Å²) in [6.45, 7) is -0.137. The highest BCUT2D eigenvalue weighted by molar-refractivity contribution is 7.90. The molecular formula is C15H16O4S. The SMILES string of the molecule is COc1ccc(CO)cc1CS(=O)(=O)c1ccccc1. The zero-order valence-electron chi connectivity index (χ0n) is 11.1. The molecule has 0 aliphatic carbocycles. The van der Waals surface area contributed by atoms with Crippen molar-refractivity contribution in [1.82, 2.24) is 0 Å². The summed E-state index contributed by atoms with van der Waals surface area (Å²) in [5.41, 5.74) is 1.20. The van der Waals surface area contributed by atoms with Crippen LogP contribution in [-0.2, 0) is 22.2 Å². The first-order valence-corrected chi connectivity index (χ1v) is 7.76. The zero-order chi connectivity index (χ0) is 14.6. The van der Waals surface area contributed by atoms with E-state index in [4.69, 9.17) is 9.84 Å². The van der Waals surface area contributed by atoms with Gasteiger partial charge in [0.25, 0.3) is 0 Å². The Hall–Kier alpha value is -1.85. The molecule has 2 aromatic carbocycles. The summed E-state index contributed by atoms with van der Waals surface area (Å²) in [6.07, 6.45) is 0. The molecule has 0 saturated carbocycles. The lowest BCUT2D eigenvalue weighted by Gasteiger charge is -2.11. The Balaban J connectivity index is 2.38. The van der Waals surface area contributed by atoms with Crippen molar-refractivity contribution in [1.29, 1.82) is 0 Å². The molecule has 106 valence electrons. The Kier molecular flexibility index (Phi) is 4.42. The Labute approximate surface area is 118 Å². The molecular weight excluding hydrogens is 276 g/mol. The fourth-order valence-corrected chi connectivity index (χ4v) is 3.33. The zero-order valence-corrected chi connectivity index (χ0v) is 11.9. The van der Waals surface area contributed by atoms with Gasteiger partial charge in [0.2, 0.25) is 0 Å². The fraction of sp³-hybridized carbons (Fsp3) is 0.200. The molecule has 0 saturated heterocycles. The van der Waals surface area contributed by atoms with Gasteiger partial charge in [-0.25, -0.2) is 8.42 Å². The van der Waals surface area contributed by atoms with Crippen LogP contribution in [0.2, 0.25) is 0 Å². The summed E-state index contributed by atoms with van der Waals surface area (Å²) >= 11 is 0. The second kappa shape index (κ2) is 6.07. The van der Waals surface area contributed by atoms with E-state index in [1.165, 1.54) is 7.11 Å². The average molecular weight is 292 g/mol. The molecule has 5 heteroatoms. The van der Waals surface area contributed by atoms with Crippen LogP contribution >= 0.6 is 0 Å². The summed E-state index contributed by atoms with van der Waals surface area (Å²) in [5.74, 6) is 0.343. The molecule has 0 atom stereocenters. The number of sulfone groups is 1. The lowest BCUT2D eigenvalue weighted by atomic mass is 10.1. The van der Waals surface area contributed by atoms with Crippen molar-refractivity contribution in [2.45, 2.75) is 17.3 Å². The van der Waals surface area contributed by atoms with E-state index in [-0.39, 0.29) is 17.3 Å². The molecule has 0 aromatic heterocycles. The van der Waals surface area contributed by atoms with Crippen LogP contribution in [0.25, 0.3) is 0 Å². The van der Waals surface area contributed by atoms with Gasteiger partial charge in [0.05, 0.1) is 24.4 Å². The first kappa shape index (κ1) is 14.6. The molecule has 0 heterocycles. The van der Waals surface area contributed by atoms with Gasteiger partial charge >= 0.3 is 0 Å². The molecule has 0 aliphatic heterocycles. The highest BCUT2D eigenvalue weighted by atomic mass is 32.2. The van der Waals surface area contributed by atoms with Crippen LogP contribution in [0, 0.1) is 0 Å². The third kappa shape index (κ3) is 3.18. The minimum absolute atomic E-state index is 0.137. The van der Waals surface area contributed by atoms with Gasteiger partial charge in [-0.2, -0.15) is 0 Å². The number of benzene rings is 2. The largest absolute Gasteiger partial charge is 0.496 e. The Morgan fingerprint density at radius 3 is 2.40 bits per heavy atom. The summed E-state index contributed by atoms with van der Waals surface area (Å²) < 4.78 is 29.9. The lowest BCUT2D eigenvalue weighted by Crippen LogP contribution is -2.06. The number of hydrogen-bond acceptors (Lipinski definition) is 4. The van der Waals surface area contributed by atoms with Crippen LogP contribution in [0.1, 0.15) is 11.1 Å². The monoisotopic (exact) mass is 292 g/mol. The molecule has 0 spiro atoms. The molecule has 2 rings (SSSR count). The maximum Gasteiger partial charge on any atom is 0.182 e. The number of ether oxygens (including phenoxy) is 1. The second-order valence-electron chi connectivity index (χ2n) is 4.38. The van der Waals surface area contributed by atoms with Crippen molar-refractivity contribution in [2.24, 2.45) is 0 Å². The second-order valence-corrected chi connectivity index (χ2v) is 6.37. The van der Waals surface area contributed by atoms with Crippen molar-refractivity contribution in [3.63, 3.8) is 0 Å². The van der Waals surface area contributed by atoms with Crippen molar-refractivity contribution >= 4 is 9.84 Å². The minimum atomic E-state index is -3.43. The molecule has 0 amide bonds. The van der Waals surface area contributed by atoms with E-state index in [1.807, 2.05) is 0 Å². The smallest absolute Gasteiger partial charge is 0.182 e. The highest BCUT2D eigenvalue weighted by Gasteiger charge is 2.17. The molecule has 0 fully saturated rings. The van der Waals surface area contributed by atoms with E-state index in [2.05, 4.69) is 0 Å². The van der Waals surface area contributed by atoms with Crippen LogP contribution in [0.5, 0.6) is 5.75 Å². The Morgan fingerprint density at radius 1 is 1.10 bits per heavy atom. The van der Waals surface area contributed by atoms with E-state index in [1.54, 1.807) is 48.5 Å². The van der Waals surface area contributed by atoms with E-state index in [0.717, 1.165) is 0 Å². The Morgan fingerprint density at radius 2 is 1.80 bits per heavy atom. The number of hydrogen-bond donors (Lipinski definition) is 1. The standard InChI is InChI=1S/C15H16O4S/c1-19-15-8-7-12(10-16)9-13(15)11-20(17,18)14-5-3-2-4-6-14/h2-9,16H,10-11H2,1H3. The third-order valence-electron chi connectivity index (χ3n) is 2.98. The number of rotatable bonds is 5. The maximum absolute atomic E-state index is 12.4. The first-order chi connectivity index (χ1) is 9.56. The normalized spacial score (nSPS) is 11.3. The molecule has 2 aromatic rings. The van der Waals surface area contributed by atoms with Crippen molar-refractivity contribution in [3.8, 4) is 5.75 Å². The lowest BCUT2D eigenvalue weighted by molar-refractivity contribution is 0.281. The van der Waals surface area contributed by atoms with Crippen LogP contribution in [-0.4, -0.2) is 20.6 Å². The number of aliphatic hydroxyl groups is 1. The molecule has 0 unspecified atom stereocenters. The first-order valence-electron chi connectivity index (χ1n) is 6.11. The van der Waals surface area contributed by atoms with Crippen LogP contribution in [0.4, 0.5) is 0 Å². The van der Waals surface area contributed by atoms with Crippen LogP contribution < -0.4 is 4.74 Å². The van der Waals surface area contributed by atoms with Crippen molar-refractivity contribution in [2.75, 3.05) is 7.11 Å². The van der Waals surface area contributed by atoms with Crippen LogP contribution in [0.3, 0.4) is 0 Å². The molecule has 1 N–H and O–H groups in total. The van der Waals surface area contributed by atoms with Crippen molar-refractivity contribution < 1.29 is 18.3 Å². The van der Waals surface area contributed by atoms with Gasteiger partial charge in [-0.15, -0.1) is 0 Å². The van der Waals surface area contributed by atoms with Gasteiger partial charge < -0.3 is 9.84 Å². The van der Waals surface area contributed by atoms with Crippen molar-refractivity contribution in [3.05, 3.63) is 59.7 Å². The predicted octanol–water partition coefficient (Wildman–Crippen LogP) is 2.16. The van der Waals surface area contributed by atoms with Gasteiger partial charge in [-0.05, 0) is 29.8 Å².